The first-order valence-corrected chi connectivity index (χ1v) is 10.5. The number of pyridine rings is 1. The molecule has 0 N–H and O–H groups in total. The van der Waals surface area contributed by atoms with Crippen LogP contribution in [-0.2, 0) is 9.53 Å². The Bertz CT molecular complexity index is 1300. The van der Waals surface area contributed by atoms with Gasteiger partial charge in [-0.25, -0.2) is 9.97 Å². The van der Waals surface area contributed by atoms with Crippen LogP contribution in [0.25, 0.3) is 28.3 Å². The Morgan fingerprint density at radius 3 is 2.91 bits per heavy atom. The summed E-state index contributed by atoms with van der Waals surface area (Å²) in [7, 11) is 1.41. The molecule has 0 saturated heterocycles. The van der Waals surface area contributed by atoms with Crippen molar-refractivity contribution < 1.29 is 14.3 Å². The van der Waals surface area contributed by atoms with Crippen molar-refractivity contribution in [1.82, 2.24) is 19.4 Å². The van der Waals surface area contributed by atoms with Gasteiger partial charge in [-0.3, -0.25) is 14.2 Å². The van der Waals surface area contributed by atoms with Crippen molar-refractivity contribution >= 4 is 17.4 Å². The standard InChI is InChI=1S/C24H23N5O3/c1-16-14-17(6-9-25-16)22-23(29-10-3-8-26-24(29)27-22)18-4-5-20-19(15-18)28(12-13-32-20)11-7-21(30)31-2/h3-6,8-10,14-15H,7,11-13H2,1-2H3. The highest BCUT2D eigenvalue weighted by atomic mass is 16.5. The molecule has 8 nitrogen and oxygen atoms in total. The van der Waals surface area contributed by atoms with Gasteiger partial charge >= 0.3 is 5.97 Å². The van der Waals surface area contributed by atoms with Crippen LogP contribution in [0.3, 0.4) is 0 Å². The number of hydrogen-bond donors (Lipinski definition) is 0. The Hall–Kier alpha value is -3.94. The second-order valence-electron chi connectivity index (χ2n) is 7.63. The van der Waals surface area contributed by atoms with E-state index in [0.29, 0.717) is 31.9 Å². The fraction of sp³-hybridized carbons (Fsp3) is 0.250. The number of rotatable bonds is 5. The van der Waals surface area contributed by atoms with E-state index in [4.69, 9.17) is 14.5 Å². The van der Waals surface area contributed by atoms with Crippen molar-refractivity contribution in [2.24, 2.45) is 0 Å². The molecular formula is C24H23N5O3. The first kappa shape index (κ1) is 20.0. The zero-order valence-electron chi connectivity index (χ0n) is 18.0. The van der Waals surface area contributed by atoms with E-state index >= 15 is 0 Å². The fourth-order valence-corrected chi connectivity index (χ4v) is 4.04. The van der Waals surface area contributed by atoms with Gasteiger partial charge < -0.3 is 14.4 Å². The van der Waals surface area contributed by atoms with Crippen LogP contribution < -0.4 is 9.64 Å². The second kappa shape index (κ2) is 8.30. The summed E-state index contributed by atoms with van der Waals surface area (Å²) in [4.78, 5) is 27.4. The lowest BCUT2D eigenvalue weighted by atomic mass is 10.0. The number of benzene rings is 1. The lowest BCUT2D eigenvalue weighted by molar-refractivity contribution is -0.140. The lowest BCUT2D eigenvalue weighted by Crippen LogP contribution is -2.34. The van der Waals surface area contributed by atoms with Crippen molar-refractivity contribution in [3.8, 4) is 28.3 Å². The summed E-state index contributed by atoms with van der Waals surface area (Å²) in [5.41, 5.74) is 5.63. The molecule has 1 aliphatic rings. The molecule has 0 atom stereocenters. The molecule has 32 heavy (non-hydrogen) atoms. The lowest BCUT2D eigenvalue weighted by Gasteiger charge is -2.31. The number of esters is 1. The maximum atomic E-state index is 11.7. The van der Waals surface area contributed by atoms with E-state index < -0.39 is 0 Å². The highest BCUT2D eigenvalue weighted by Gasteiger charge is 2.23. The van der Waals surface area contributed by atoms with Crippen molar-refractivity contribution in [3.05, 3.63) is 60.7 Å². The topological polar surface area (TPSA) is 81.8 Å². The molecule has 0 radical (unpaired) electrons. The van der Waals surface area contributed by atoms with Crippen molar-refractivity contribution in [2.75, 3.05) is 31.7 Å². The maximum absolute atomic E-state index is 11.7. The fourth-order valence-electron chi connectivity index (χ4n) is 4.04. The average Bonchev–Trinajstić information content (AvgIpc) is 3.22. The van der Waals surface area contributed by atoms with E-state index in [9.17, 15) is 4.79 Å². The van der Waals surface area contributed by atoms with Gasteiger partial charge in [0.1, 0.15) is 12.4 Å². The van der Waals surface area contributed by atoms with E-state index in [1.165, 1.54) is 7.11 Å². The minimum atomic E-state index is -0.225. The molecule has 162 valence electrons. The molecule has 0 aliphatic carbocycles. The first-order chi connectivity index (χ1) is 15.6. The second-order valence-corrected chi connectivity index (χ2v) is 7.63. The number of aromatic nitrogens is 4. The summed E-state index contributed by atoms with van der Waals surface area (Å²) in [6.45, 7) is 3.82. The van der Waals surface area contributed by atoms with E-state index in [1.54, 1.807) is 12.4 Å². The number of hydrogen-bond acceptors (Lipinski definition) is 7. The molecule has 4 heterocycles. The monoisotopic (exact) mass is 429 g/mol. The smallest absolute Gasteiger partial charge is 0.307 e. The minimum absolute atomic E-state index is 0.225. The highest BCUT2D eigenvalue weighted by molar-refractivity contribution is 5.84. The zero-order valence-corrected chi connectivity index (χ0v) is 18.0. The van der Waals surface area contributed by atoms with Gasteiger partial charge in [0.25, 0.3) is 0 Å². The third kappa shape index (κ3) is 3.64. The van der Waals surface area contributed by atoms with Crippen LogP contribution in [0.5, 0.6) is 5.75 Å². The van der Waals surface area contributed by atoms with Gasteiger partial charge in [-0.2, -0.15) is 0 Å². The van der Waals surface area contributed by atoms with Crippen molar-refractivity contribution in [1.29, 1.82) is 0 Å². The molecule has 0 unspecified atom stereocenters. The van der Waals surface area contributed by atoms with Crippen LogP contribution in [0.4, 0.5) is 5.69 Å². The molecule has 3 aromatic heterocycles. The SMILES string of the molecule is COC(=O)CCN1CCOc2ccc(-c3c(-c4ccnc(C)c4)nc4ncccn34)cc21. The summed E-state index contributed by atoms with van der Waals surface area (Å²) in [5.74, 6) is 1.21. The Morgan fingerprint density at radius 2 is 2.06 bits per heavy atom. The number of carbonyl (C=O) groups is 1. The molecule has 0 spiro atoms. The third-order valence-electron chi connectivity index (χ3n) is 5.58. The predicted molar refractivity (Wildman–Crippen MR) is 121 cm³/mol. The Balaban J connectivity index is 1.63. The van der Waals surface area contributed by atoms with E-state index in [2.05, 4.69) is 20.9 Å². The van der Waals surface area contributed by atoms with Crippen LogP contribution in [0.2, 0.25) is 0 Å². The minimum Gasteiger partial charge on any atom is -0.490 e. The Kier molecular flexibility index (Phi) is 5.18. The van der Waals surface area contributed by atoms with E-state index in [1.807, 2.05) is 47.9 Å². The number of anilines is 1. The first-order valence-electron chi connectivity index (χ1n) is 10.5. The summed E-state index contributed by atoms with van der Waals surface area (Å²) in [6.07, 6.45) is 5.82. The van der Waals surface area contributed by atoms with Gasteiger partial charge in [0.05, 0.1) is 37.2 Å². The van der Waals surface area contributed by atoms with Crippen LogP contribution >= 0.6 is 0 Å². The van der Waals surface area contributed by atoms with Crippen molar-refractivity contribution in [2.45, 2.75) is 13.3 Å². The van der Waals surface area contributed by atoms with Crippen LogP contribution in [0.1, 0.15) is 12.1 Å². The number of imidazole rings is 1. The number of nitrogens with zero attached hydrogens (tertiary/aromatic N) is 5. The molecule has 0 saturated carbocycles. The highest BCUT2D eigenvalue weighted by Crippen LogP contribution is 2.39. The van der Waals surface area contributed by atoms with E-state index in [-0.39, 0.29) is 5.97 Å². The predicted octanol–water partition coefficient (Wildman–Crippen LogP) is 3.53. The third-order valence-corrected chi connectivity index (χ3v) is 5.58. The quantitative estimate of drug-likeness (QED) is 0.449. The molecular weight excluding hydrogens is 406 g/mol. The van der Waals surface area contributed by atoms with Gasteiger partial charge in [-0.1, -0.05) is 0 Å². The summed E-state index contributed by atoms with van der Waals surface area (Å²) in [5, 5.41) is 0. The molecule has 8 heteroatoms. The Morgan fingerprint density at radius 1 is 1.16 bits per heavy atom. The molecule has 0 bridgehead atoms. The normalized spacial score (nSPS) is 13.0. The number of aryl methyl sites for hydroxylation is 1. The molecule has 1 aromatic carbocycles. The number of methoxy groups -OCH3 is 1. The van der Waals surface area contributed by atoms with Gasteiger partial charge in [0.15, 0.2) is 0 Å². The number of fused-ring (bicyclic) bond motifs is 2. The molecule has 0 fully saturated rings. The summed E-state index contributed by atoms with van der Waals surface area (Å²) >= 11 is 0. The number of ether oxygens (including phenoxy) is 2. The van der Waals surface area contributed by atoms with Gasteiger partial charge in [0.2, 0.25) is 5.78 Å². The van der Waals surface area contributed by atoms with Gasteiger partial charge in [0, 0.05) is 42.0 Å². The molecule has 0 amide bonds. The van der Waals surface area contributed by atoms with Crippen LogP contribution in [0, 0.1) is 6.92 Å². The van der Waals surface area contributed by atoms with Crippen LogP contribution in [0.15, 0.2) is 55.0 Å². The molecule has 4 aromatic rings. The van der Waals surface area contributed by atoms with Crippen LogP contribution in [-0.4, -0.2) is 52.1 Å². The summed E-state index contributed by atoms with van der Waals surface area (Å²) < 4.78 is 12.7. The van der Waals surface area contributed by atoms with Gasteiger partial charge in [-0.05, 0) is 43.3 Å². The van der Waals surface area contributed by atoms with Gasteiger partial charge in [-0.15, -0.1) is 0 Å². The maximum Gasteiger partial charge on any atom is 0.307 e. The Labute approximate surface area is 185 Å². The average molecular weight is 429 g/mol. The van der Waals surface area contributed by atoms with E-state index in [0.717, 1.165) is 39.6 Å². The van der Waals surface area contributed by atoms with Crippen molar-refractivity contribution in [3.63, 3.8) is 0 Å². The molecule has 5 rings (SSSR count). The zero-order chi connectivity index (χ0) is 22.1. The summed E-state index contributed by atoms with van der Waals surface area (Å²) in [6, 6.07) is 12.0. The molecule has 1 aliphatic heterocycles. The largest absolute Gasteiger partial charge is 0.490 e. The number of carbonyl (C=O) groups excluding carboxylic acids is 1.